The van der Waals surface area contributed by atoms with E-state index >= 15 is 0 Å². The van der Waals surface area contributed by atoms with E-state index in [0.29, 0.717) is 36.1 Å². The van der Waals surface area contributed by atoms with Gasteiger partial charge in [-0.3, -0.25) is 19.1 Å². The number of carbonyl (C=O) groups is 1. The minimum absolute atomic E-state index is 0.214. The fourth-order valence-electron chi connectivity index (χ4n) is 3.15. The van der Waals surface area contributed by atoms with Crippen LogP contribution in [-0.4, -0.2) is 27.0 Å². The van der Waals surface area contributed by atoms with Crippen molar-refractivity contribution in [2.45, 2.75) is 51.5 Å². The SMILES string of the molecule is CCCn1c(=O)[nH]c(=O)c2c(C(=O)NCC3CC3)cc(C3CC3)nc21. The Hall–Kier alpha value is -2.44. The second-order valence-corrected chi connectivity index (χ2v) is 7.13. The summed E-state index contributed by atoms with van der Waals surface area (Å²) in [5.41, 5.74) is 0.456. The Labute approximate surface area is 144 Å². The van der Waals surface area contributed by atoms with E-state index in [1.807, 2.05) is 6.92 Å². The molecule has 2 aromatic rings. The molecule has 2 fully saturated rings. The number of pyridine rings is 1. The van der Waals surface area contributed by atoms with Gasteiger partial charge in [0.2, 0.25) is 0 Å². The topological polar surface area (TPSA) is 96.9 Å². The van der Waals surface area contributed by atoms with E-state index in [2.05, 4.69) is 15.3 Å². The lowest BCUT2D eigenvalue weighted by molar-refractivity contribution is 0.0953. The maximum atomic E-state index is 12.7. The zero-order chi connectivity index (χ0) is 17.6. The van der Waals surface area contributed by atoms with Crippen LogP contribution in [0, 0.1) is 5.92 Å². The maximum absolute atomic E-state index is 12.7. The van der Waals surface area contributed by atoms with Crippen LogP contribution in [0.1, 0.15) is 61.0 Å². The Morgan fingerprint density at radius 3 is 2.72 bits per heavy atom. The minimum Gasteiger partial charge on any atom is -0.352 e. The molecule has 132 valence electrons. The van der Waals surface area contributed by atoms with Gasteiger partial charge < -0.3 is 5.32 Å². The van der Waals surface area contributed by atoms with Gasteiger partial charge in [-0.05, 0) is 44.1 Å². The van der Waals surface area contributed by atoms with Crippen molar-refractivity contribution in [1.29, 1.82) is 0 Å². The van der Waals surface area contributed by atoms with E-state index in [0.717, 1.165) is 37.8 Å². The summed E-state index contributed by atoms with van der Waals surface area (Å²) < 4.78 is 1.47. The first-order valence-electron chi connectivity index (χ1n) is 9.04. The molecule has 0 saturated heterocycles. The highest BCUT2D eigenvalue weighted by Gasteiger charge is 2.29. The van der Waals surface area contributed by atoms with Crippen LogP contribution in [0.2, 0.25) is 0 Å². The summed E-state index contributed by atoms with van der Waals surface area (Å²) in [6.45, 7) is 3.04. The zero-order valence-electron chi connectivity index (χ0n) is 14.3. The summed E-state index contributed by atoms with van der Waals surface area (Å²) in [5.74, 6) is 0.619. The Morgan fingerprint density at radius 2 is 2.08 bits per heavy atom. The summed E-state index contributed by atoms with van der Waals surface area (Å²) in [6.07, 6.45) is 5.08. The smallest absolute Gasteiger partial charge is 0.329 e. The molecule has 0 aliphatic heterocycles. The molecule has 0 unspecified atom stereocenters. The lowest BCUT2D eigenvalue weighted by Gasteiger charge is -2.13. The van der Waals surface area contributed by atoms with Crippen LogP contribution in [-0.2, 0) is 6.54 Å². The summed E-state index contributed by atoms with van der Waals surface area (Å²) in [4.78, 5) is 44.3. The van der Waals surface area contributed by atoms with E-state index in [4.69, 9.17) is 0 Å². The van der Waals surface area contributed by atoms with Crippen LogP contribution in [0.15, 0.2) is 15.7 Å². The molecule has 1 amide bonds. The predicted octanol–water partition coefficient (Wildman–Crippen LogP) is 1.51. The lowest BCUT2D eigenvalue weighted by atomic mass is 10.1. The molecular formula is C18H22N4O3. The summed E-state index contributed by atoms with van der Waals surface area (Å²) >= 11 is 0. The van der Waals surface area contributed by atoms with Crippen molar-refractivity contribution in [1.82, 2.24) is 19.9 Å². The Kier molecular flexibility index (Phi) is 3.94. The molecule has 0 atom stereocenters. The molecule has 7 heteroatoms. The number of fused-ring (bicyclic) bond motifs is 1. The zero-order valence-corrected chi connectivity index (χ0v) is 14.3. The van der Waals surface area contributed by atoms with Crippen molar-refractivity contribution in [2.24, 2.45) is 5.92 Å². The number of aryl methyl sites for hydroxylation is 1. The standard InChI is InChI=1S/C18H22N4O3/c1-2-7-22-15-14(17(24)21-18(22)25)12(8-13(20-15)11-5-6-11)16(23)19-9-10-3-4-10/h8,10-11H,2-7,9H2,1H3,(H,19,23)(H,21,24,25). The van der Waals surface area contributed by atoms with Crippen LogP contribution in [0.3, 0.4) is 0 Å². The number of nitrogens with zero attached hydrogens (tertiary/aromatic N) is 2. The van der Waals surface area contributed by atoms with Crippen molar-refractivity contribution in [3.05, 3.63) is 38.2 Å². The van der Waals surface area contributed by atoms with Gasteiger partial charge >= 0.3 is 5.69 Å². The number of aromatic amines is 1. The van der Waals surface area contributed by atoms with Crippen LogP contribution in [0.5, 0.6) is 0 Å². The fraction of sp³-hybridized carbons (Fsp3) is 0.556. The number of nitrogens with one attached hydrogen (secondary N) is 2. The monoisotopic (exact) mass is 342 g/mol. The molecule has 2 aromatic heterocycles. The molecule has 2 N–H and O–H groups in total. The van der Waals surface area contributed by atoms with Crippen molar-refractivity contribution in [3.8, 4) is 0 Å². The van der Waals surface area contributed by atoms with E-state index in [-0.39, 0.29) is 11.3 Å². The van der Waals surface area contributed by atoms with E-state index in [1.165, 1.54) is 4.57 Å². The van der Waals surface area contributed by atoms with E-state index in [1.54, 1.807) is 6.07 Å². The molecule has 4 rings (SSSR count). The average Bonchev–Trinajstić information content (AvgIpc) is 3.48. The number of rotatable bonds is 6. The number of hydrogen-bond donors (Lipinski definition) is 2. The second-order valence-electron chi connectivity index (χ2n) is 7.13. The largest absolute Gasteiger partial charge is 0.352 e. The molecule has 0 spiro atoms. The highest BCUT2D eigenvalue weighted by atomic mass is 16.2. The lowest BCUT2D eigenvalue weighted by Crippen LogP contribution is -2.34. The quantitative estimate of drug-likeness (QED) is 0.831. The van der Waals surface area contributed by atoms with E-state index < -0.39 is 11.2 Å². The Bertz CT molecular complexity index is 951. The van der Waals surface area contributed by atoms with Gasteiger partial charge in [0.15, 0.2) is 5.65 Å². The van der Waals surface area contributed by atoms with Crippen LogP contribution in [0.25, 0.3) is 11.0 Å². The number of amides is 1. The first kappa shape index (κ1) is 16.1. The third kappa shape index (κ3) is 3.10. The van der Waals surface area contributed by atoms with Gasteiger partial charge in [-0.25, -0.2) is 9.78 Å². The van der Waals surface area contributed by atoms with Crippen LogP contribution >= 0.6 is 0 Å². The van der Waals surface area contributed by atoms with Gasteiger partial charge in [0, 0.05) is 24.7 Å². The van der Waals surface area contributed by atoms with Crippen molar-refractivity contribution >= 4 is 16.9 Å². The average molecular weight is 342 g/mol. The molecule has 2 heterocycles. The molecule has 0 bridgehead atoms. The van der Waals surface area contributed by atoms with Gasteiger partial charge in [0.05, 0.1) is 10.9 Å². The summed E-state index contributed by atoms with van der Waals surface area (Å²) in [5, 5.41) is 3.14. The van der Waals surface area contributed by atoms with Gasteiger partial charge in [-0.2, -0.15) is 0 Å². The Balaban J connectivity index is 1.89. The minimum atomic E-state index is -0.543. The number of carbonyl (C=O) groups excluding carboxylic acids is 1. The molecule has 2 saturated carbocycles. The first-order chi connectivity index (χ1) is 12.1. The molecule has 7 nitrogen and oxygen atoms in total. The molecule has 0 aromatic carbocycles. The maximum Gasteiger partial charge on any atom is 0.329 e. The van der Waals surface area contributed by atoms with Crippen molar-refractivity contribution in [3.63, 3.8) is 0 Å². The molecule has 2 aliphatic rings. The Morgan fingerprint density at radius 1 is 1.32 bits per heavy atom. The number of hydrogen-bond acceptors (Lipinski definition) is 4. The van der Waals surface area contributed by atoms with Crippen molar-refractivity contribution in [2.75, 3.05) is 6.54 Å². The van der Waals surface area contributed by atoms with Gasteiger partial charge in [0.1, 0.15) is 0 Å². The molecular weight excluding hydrogens is 320 g/mol. The highest BCUT2D eigenvalue weighted by molar-refractivity contribution is 6.05. The highest BCUT2D eigenvalue weighted by Crippen LogP contribution is 2.40. The molecule has 2 aliphatic carbocycles. The van der Waals surface area contributed by atoms with Crippen LogP contribution in [0.4, 0.5) is 0 Å². The first-order valence-corrected chi connectivity index (χ1v) is 9.04. The third-order valence-corrected chi connectivity index (χ3v) is 4.90. The summed E-state index contributed by atoms with van der Waals surface area (Å²) in [6, 6.07) is 1.73. The molecule has 25 heavy (non-hydrogen) atoms. The third-order valence-electron chi connectivity index (χ3n) is 4.90. The summed E-state index contributed by atoms with van der Waals surface area (Å²) in [7, 11) is 0. The van der Waals surface area contributed by atoms with Crippen LogP contribution < -0.4 is 16.6 Å². The van der Waals surface area contributed by atoms with Gasteiger partial charge in [0.25, 0.3) is 11.5 Å². The number of aromatic nitrogens is 3. The second kappa shape index (κ2) is 6.13. The normalized spacial score (nSPS) is 17.0. The fourth-order valence-corrected chi connectivity index (χ4v) is 3.15. The van der Waals surface area contributed by atoms with Gasteiger partial charge in [-0.1, -0.05) is 6.92 Å². The molecule has 0 radical (unpaired) electrons. The number of H-pyrrole nitrogens is 1. The van der Waals surface area contributed by atoms with Gasteiger partial charge in [-0.15, -0.1) is 0 Å². The predicted molar refractivity (Wildman–Crippen MR) is 93.9 cm³/mol. The van der Waals surface area contributed by atoms with Crippen molar-refractivity contribution < 1.29 is 4.79 Å². The van der Waals surface area contributed by atoms with E-state index in [9.17, 15) is 14.4 Å².